The molecule has 27 heavy (non-hydrogen) atoms. The van der Waals surface area contributed by atoms with Gasteiger partial charge in [-0.05, 0) is 30.9 Å². The van der Waals surface area contributed by atoms with E-state index in [4.69, 9.17) is 4.74 Å². The average molecular weight is 368 g/mol. The number of carbonyl (C=O) groups is 2. The predicted molar refractivity (Wildman–Crippen MR) is 98.5 cm³/mol. The SMILES string of the molecule is Cc1cccc([N+](=O)[O-])c1C(=O)OCC(=O)NCC1(c2ccccc2)CC1. The van der Waals surface area contributed by atoms with Gasteiger partial charge in [-0.15, -0.1) is 0 Å². The second kappa shape index (κ2) is 7.57. The summed E-state index contributed by atoms with van der Waals surface area (Å²) in [6.07, 6.45) is 1.99. The Labute approximate surface area is 156 Å². The van der Waals surface area contributed by atoms with E-state index in [1.807, 2.05) is 30.3 Å². The van der Waals surface area contributed by atoms with Crippen molar-refractivity contribution in [3.05, 3.63) is 75.3 Å². The summed E-state index contributed by atoms with van der Waals surface area (Å²) in [6.45, 7) is 1.58. The van der Waals surface area contributed by atoms with Crippen molar-refractivity contribution in [3.63, 3.8) is 0 Å². The molecule has 7 heteroatoms. The number of ether oxygens (including phenoxy) is 1. The third kappa shape index (κ3) is 4.13. The Balaban J connectivity index is 1.56. The number of nitro groups is 1. The van der Waals surface area contributed by atoms with Gasteiger partial charge in [0.15, 0.2) is 6.61 Å². The van der Waals surface area contributed by atoms with Gasteiger partial charge in [0.05, 0.1) is 4.92 Å². The largest absolute Gasteiger partial charge is 0.452 e. The molecule has 0 heterocycles. The van der Waals surface area contributed by atoms with E-state index in [1.165, 1.54) is 17.7 Å². The lowest BCUT2D eigenvalue weighted by Gasteiger charge is -2.16. The number of hydrogen-bond acceptors (Lipinski definition) is 5. The van der Waals surface area contributed by atoms with E-state index in [2.05, 4.69) is 5.32 Å². The summed E-state index contributed by atoms with van der Waals surface area (Å²) in [5, 5.41) is 13.9. The van der Waals surface area contributed by atoms with Crippen LogP contribution in [0.1, 0.15) is 34.3 Å². The molecule has 0 bridgehead atoms. The number of nitrogens with zero attached hydrogens (tertiary/aromatic N) is 1. The van der Waals surface area contributed by atoms with E-state index in [9.17, 15) is 19.7 Å². The highest BCUT2D eigenvalue weighted by Crippen LogP contribution is 2.47. The molecule has 0 atom stereocenters. The maximum absolute atomic E-state index is 12.2. The molecular formula is C20H20N2O5. The first kappa shape index (κ1) is 18.6. The molecule has 0 saturated heterocycles. The van der Waals surface area contributed by atoms with E-state index < -0.39 is 23.4 Å². The lowest BCUT2D eigenvalue weighted by atomic mass is 9.96. The molecule has 1 N–H and O–H groups in total. The maximum Gasteiger partial charge on any atom is 0.345 e. The van der Waals surface area contributed by atoms with E-state index in [1.54, 1.807) is 13.0 Å². The van der Waals surface area contributed by atoms with Crippen LogP contribution in [0.5, 0.6) is 0 Å². The minimum Gasteiger partial charge on any atom is -0.452 e. The van der Waals surface area contributed by atoms with E-state index in [-0.39, 0.29) is 16.7 Å². The fraction of sp³-hybridized carbons (Fsp3) is 0.300. The summed E-state index contributed by atoms with van der Waals surface area (Å²) >= 11 is 0. The molecule has 3 rings (SSSR count). The van der Waals surface area contributed by atoms with Crippen molar-refractivity contribution in [2.75, 3.05) is 13.2 Å². The van der Waals surface area contributed by atoms with Gasteiger partial charge in [0.1, 0.15) is 5.56 Å². The minimum absolute atomic E-state index is 0.0459. The van der Waals surface area contributed by atoms with Crippen molar-refractivity contribution in [1.29, 1.82) is 0 Å². The Kier molecular flexibility index (Phi) is 5.21. The lowest BCUT2D eigenvalue weighted by Crippen LogP contribution is -2.35. The number of amides is 1. The average Bonchev–Trinajstić information content (AvgIpc) is 3.46. The summed E-state index contributed by atoms with van der Waals surface area (Å²) in [6, 6.07) is 14.3. The molecule has 0 unspecified atom stereocenters. The highest BCUT2D eigenvalue weighted by molar-refractivity contribution is 5.96. The van der Waals surface area contributed by atoms with Crippen molar-refractivity contribution < 1.29 is 19.2 Å². The van der Waals surface area contributed by atoms with E-state index >= 15 is 0 Å². The van der Waals surface area contributed by atoms with Crippen LogP contribution in [0.25, 0.3) is 0 Å². The van der Waals surface area contributed by atoms with Crippen LogP contribution in [0, 0.1) is 17.0 Å². The summed E-state index contributed by atoms with van der Waals surface area (Å²) < 4.78 is 5.00. The summed E-state index contributed by atoms with van der Waals surface area (Å²) in [5.41, 5.74) is 1.10. The number of carbonyl (C=O) groups excluding carboxylic acids is 2. The van der Waals surface area contributed by atoms with Crippen molar-refractivity contribution >= 4 is 17.6 Å². The highest BCUT2D eigenvalue weighted by Gasteiger charge is 2.44. The Morgan fingerprint density at radius 2 is 1.85 bits per heavy atom. The number of nitro benzene ring substituents is 1. The molecule has 2 aromatic rings. The van der Waals surface area contributed by atoms with Crippen molar-refractivity contribution in [3.8, 4) is 0 Å². The van der Waals surface area contributed by atoms with Gasteiger partial charge in [0.2, 0.25) is 0 Å². The van der Waals surface area contributed by atoms with Crippen LogP contribution in [0.15, 0.2) is 48.5 Å². The summed E-state index contributed by atoms with van der Waals surface area (Å²) in [4.78, 5) is 34.7. The van der Waals surface area contributed by atoms with Crippen LogP contribution in [0.2, 0.25) is 0 Å². The van der Waals surface area contributed by atoms with Crippen LogP contribution in [-0.2, 0) is 14.9 Å². The standard InChI is InChI=1S/C20H20N2O5/c1-14-6-5-9-16(22(25)26)18(14)19(24)27-12-17(23)21-13-20(10-11-20)15-7-3-2-4-8-15/h2-9H,10-13H2,1H3,(H,21,23). The molecule has 0 aliphatic heterocycles. The number of nitrogens with one attached hydrogen (secondary N) is 1. The van der Waals surface area contributed by atoms with Gasteiger partial charge in [-0.25, -0.2) is 4.79 Å². The molecule has 1 aliphatic rings. The molecule has 1 saturated carbocycles. The Morgan fingerprint density at radius 1 is 1.15 bits per heavy atom. The Morgan fingerprint density at radius 3 is 2.48 bits per heavy atom. The molecule has 1 fully saturated rings. The first-order chi connectivity index (χ1) is 12.9. The fourth-order valence-electron chi connectivity index (χ4n) is 3.10. The zero-order chi connectivity index (χ0) is 19.4. The van der Waals surface area contributed by atoms with Crippen molar-refractivity contribution in [2.24, 2.45) is 0 Å². The number of benzene rings is 2. The molecule has 1 amide bonds. The van der Waals surface area contributed by atoms with Gasteiger partial charge in [-0.1, -0.05) is 42.5 Å². The predicted octanol–water partition coefficient (Wildman–Crippen LogP) is 2.91. The van der Waals surface area contributed by atoms with Crippen molar-refractivity contribution in [1.82, 2.24) is 5.32 Å². The van der Waals surface area contributed by atoms with Crippen LogP contribution >= 0.6 is 0 Å². The Bertz CT molecular complexity index is 875. The molecule has 2 aromatic carbocycles. The molecule has 0 radical (unpaired) electrons. The second-order valence-corrected chi connectivity index (χ2v) is 6.73. The van der Waals surface area contributed by atoms with E-state index in [0.717, 1.165) is 12.8 Å². The van der Waals surface area contributed by atoms with Crippen LogP contribution in [0.4, 0.5) is 5.69 Å². The maximum atomic E-state index is 12.2. The molecule has 7 nitrogen and oxygen atoms in total. The third-order valence-electron chi connectivity index (χ3n) is 4.85. The van der Waals surface area contributed by atoms with Crippen LogP contribution < -0.4 is 5.32 Å². The van der Waals surface area contributed by atoms with Gasteiger partial charge >= 0.3 is 5.97 Å². The van der Waals surface area contributed by atoms with Gasteiger partial charge < -0.3 is 10.1 Å². The van der Waals surface area contributed by atoms with Gasteiger partial charge in [-0.2, -0.15) is 0 Å². The normalized spacial score (nSPS) is 14.3. The van der Waals surface area contributed by atoms with Crippen LogP contribution in [0.3, 0.4) is 0 Å². The second-order valence-electron chi connectivity index (χ2n) is 6.73. The zero-order valence-corrected chi connectivity index (χ0v) is 14.9. The lowest BCUT2D eigenvalue weighted by molar-refractivity contribution is -0.385. The van der Waals surface area contributed by atoms with Gasteiger partial charge in [0.25, 0.3) is 11.6 Å². The fourth-order valence-corrected chi connectivity index (χ4v) is 3.10. The molecule has 1 aliphatic carbocycles. The molecular weight excluding hydrogens is 348 g/mol. The third-order valence-corrected chi connectivity index (χ3v) is 4.85. The summed E-state index contributed by atoms with van der Waals surface area (Å²) in [5.74, 6) is -1.30. The van der Waals surface area contributed by atoms with Gasteiger partial charge in [-0.3, -0.25) is 14.9 Å². The number of hydrogen-bond donors (Lipinski definition) is 1. The highest BCUT2D eigenvalue weighted by atomic mass is 16.6. The zero-order valence-electron chi connectivity index (χ0n) is 14.9. The quantitative estimate of drug-likeness (QED) is 0.460. The smallest absolute Gasteiger partial charge is 0.345 e. The summed E-state index contributed by atoms with van der Waals surface area (Å²) in [7, 11) is 0. The van der Waals surface area contributed by atoms with Gasteiger partial charge in [0, 0.05) is 18.0 Å². The van der Waals surface area contributed by atoms with Crippen LogP contribution in [-0.4, -0.2) is 30.0 Å². The van der Waals surface area contributed by atoms with Crippen molar-refractivity contribution in [2.45, 2.75) is 25.2 Å². The molecule has 0 aromatic heterocycles. The van der Waals surface area contributed by atoms with E-state index in [0.29, 0.717) is 12.1 Å². The number of esters is 1. The minimum atomic E-state index is -0.876. The Hall–Kier alpha value is -3.22. The first-order valence-corrected chi connectivity index (χ1v) is 8.66. The number of rotatable bonds is 7. The topological polar surface area (TPSA) is 98.5 Å². The molecule has 140 valence electrons. The number of aryl methyl sites for hydroxylation is 1. The molecule has 0 spiro atoms. The first-order valence-electron chi connectivity index (χ1n) is 8.66. The monoisotopic (exact) mass is 368 g/mol.